The predicted octanol–water partition coefficient (Wildman–Crippen LogP) is 8.16. The van der Waals surface area contributed by atoms with Crippen LogP contribution in [0, 0.1) is 62.5 Å². The first-order chi connectivity index (χ1) is 21.1. The first kappa shape index (κ1) is 32.2. The normalized spacial score (nSPS) is 42.7. The summed E-state index contributed by atoms with van der Waals surface area (Å²) in [5.74, 6) is 1.88. The number of fused-ring (bicyclic) bond motifs is 7. The number of carbonyl (C=O) groups is 1. The molecule has 0 unspecified atom stereocenters. The quantitative estimate of drug-likeness (QED) is 0.117. The molecule has 0 radical (unpaired) electrons. The van der Waals surface area contributed by atoms with E-state index in [2.05, 4.69) is 64.7 Å². The van der Waals surface area contributed by atoms with Crippen LogP contribution >= 0.6 is 0 Å². The van der Waals surface area contributed by atoms with Crippen LogP contribution < -0.4 is 11.5 Å². The number of halogens is 1. The first-order valence-electron chi connectivity index (χ1n) is 17.4. The van der Waals surface area contributed by atoms with Crippen LogP contribution in [0.1, 0.15) is 112 Å². The molecule has 0 aliphatic heterocycles. The van der Waals surface area contributed by atoms with Crippen molar-refractivity contribution in [1.29, 1.82) is 0 Å². The van der Waals surface area contributed by atoms with Gasteiger partial charge in [0.05, 0.1) is 5.41 Å². The van der Waals surface area contributed by atoms with Crippen LogP contribution in [0.3, 0.4) is 0 Å². The summed E-state index contributed by atoms with van der Waals surface area (Å²) in [6, 6.07) is 6.30. The van der Waals surface area contributed by atoms with E-state index in [9.17, 15) is 9.18 Å². The van der Waals surface area contributed by atoms with Gasteiger partial charge in [-0.25, -0.2) is 4.39 Å². The molecule has 0 spiro atoms. The highest BCUT2D eigenvalue weighted by Gasteiger charge is 2.69. The van der Waals surface area contributed by atoms with Crippen LogP contribution in [0.5, 0.6) is 0 Å². The lowest BCUT2D eigenvalue weighted by molar-refractivity contribution is -0.185. The Labute approximate surface area is 269 Å². The molecule has 1 aromatic carbocycles. The van der Waals surface area contributed by atoms with E-state index in [4.69, 9.17) is 16.2 Å². The summed E-state index contributed by atoms with van der Waals surface area (Å²) in [7, 11) is 0. The maximum absolute atomic E-state index is 14.3. The van der Waals surface area contributed by atoms with Gasteiger partial charge in [-0.2, -0.15) is 5.10 Å². The van der Waals surface area contributed by atoms with Gasteiger partial charge >= 0.3 is 5.97 Å². The molecule has 4 N–H and O–H groups in total. The summed E-state index contributed by atoms with van der Waals surface area (Å²) < 4.78 is 19.6. The number of benzene rings is 1. The maximum Gasteiger partial charge on any atom is 0.313 e. The Morgan fingerprint density at radius 2 is 1.67 bits per heavy atom. The van der Waals surface area contributed by atoms with Crippen molar-refractivity contribution in [2.45, 2.75) is 113 Å². The fourth-order valence-electron chi connectivity index (χ4n) is 11.8. The van der Waals surface area contributed by atoms with E-state index in [0.29, 0.717) is 23.7 Å². The molecule has 4 saturated carbocycles. The maximum atomic E-state index is 14.3. The Morgan fingerprint density at radius 3 is 2.36 bits per heavy atom. The minimum Gasteiger partial charge on any atom is -0.460 e. The van der Waals surface area contributed by atoms with Gasteiger partial charge < -0.3 is 16.2 Å². The molecule has 1 aromatic rings. The average molecular weight is 619 g/mol. The number of allylic oxidation sites excluding steroid dienone is 2. The van der Waals surface area contributed by atoms with Crippen LogP contribution in [0.15, 0.2) is 46.1 Å². The SMILES string of the molecule is C[C@H]1[C@H](C)CC[C@]2(C(=O)OCc3ccc(F)cc3)CC[C@]3(C)C(=CC[C@@H]4[C@@]5(C)CC/C(=N\N=C(N)N)C(C)(C)[C@@H]5CC[C@]43C)[C@H]12. The Morgan fingerprint density at radius 1 is 0.956 bits per heavy atom. The zero-order valence-corrected chi connectivity index (χ0v) is 28.6. The van der Waals surface area contributed by atoms with Crippen LogP contribution in [0.4, 0.5) is 4.39 Å². The van der Waals surface area contributed by atoms with Crippen molar-refractivity contribution in [2.24, 2.45) is 78.3 Å². The van der Waals surface area contributed by atoms with Gasteiger partial charge in [-0.1, -0.05) is 72.2 Å². The van der Waals surface area contributed by atoms with Gasteiger partial charge in [0.15, 0.2) is 0 Å². The summed E-state index contributed by atoms with van der Waals surface area (Å²) in [4.78, 5) is 14.3. The van der Waals surface area contributed by atoms with Crippen molar-refractivity contribution in [3.05, 3.63) is 47.3 Å². The van der Waals surface area contributed by atoms with Crippen molar-refractivity contribution in [3.8, 4) is 0 Å². The highest BCUT2D eigenvalue weighted by Crippen LogP contribution is 2.75. The first-order valence-corrected chi connectivity index (χ1v) is 17.4. The van der Waals surface area contributed by atoms with Gasteiger partial charge in [0.1, 0.15) is 12.4 Å². The van der Waals surface area contributed by atoms with E-state index in [0.717, 1.165) is 62.6 Å². The van der Waals surface area contributed by atoms with Crippen LogP contribution in [-0.4, -0.2) is 17.6 Å². The number of hydrogen-bond donors (Lipinski definition) is 2. The van der Waals surface area contributed by atoms with Crippen molar-refractivity contribution in [1.82, 2.24) is 0 Å². The molecule has 0 aromatic heterocycles. The number of guanidine groups is 1. The predicted molar refractivity (Wildman–Crippen MR) is 178 cm³/mol. The molecule has 246 valence electrons. The fraction of sp³-hybridized carbons (Fsp3) is 0.711. The lowest BCUT2D eigenvalue weighted by atomic mass is 9.33. The number of ether oxygens (including phenoxy) is 1. The minimum atomic E-state index is -0.495. The molecule has 4 fully saturated rings. The van der Waals surface area contributed by atoms with Gasteiger partial charge in [0.25, 0.3) is 0 Å². The summed E-state index contributed by atoms with van der Waals surface area (Å²) >= 11 is 0. The minimum absolute atomic E-state index is 0.0136. The molecule has 45 heavy (non-hydrogen) atoms. The molecule has 0 bridgehead atoms. The van der Waals surface area contributed by atoms with Crippen molar-refractivity contribution >= 4 is 17.6 Å². The number of nitrogens with zero attached hydrogens (tertiary/aromatic N) is 2. The molecular formula is C38H55FN4O2. The van der Waals surface area contributed by atoms with E-state index in [1.807, 2.05) is 0 Å². The molecule has 5 aliphatic rings. The molecule has 9 atom stereocenters. The zero-order chi connectivity index (χ0) is 32.6. The van der Waals surface area contributed by atoms with Gasteiger partial charge in [0.2, 0.25) is 5.96 Å². The van der Waals surface area contributed by atoms with E-state index < -0.39 is 5.41 Å². The molecule has 0 heterocycles. The van der Waals surface area contributed by atoms with Crippen molar-refractivity contribution < 1.29 is 13.9 Å². The molecule has 5 aliphatic carbocycles. The molecule has 7 heteroatoms. The van der Waals surface area contributed by atoms with Crippen LogP contribution in [-0.2, 0) is 16.1 Å². The topological polar surface area (TPSA) is 103 Å². The summed E-state index contributed by atoms with van der Waals surface area (Å²) in [6.07, 6.45) is 11.8. The van der Waals surface area contributed by atoms with Crippen LogP contribution in [0.2, 0.25) is 0 Å². The van der Waals surface area contributed by atoms with E-state index in [-0.39, 0.29) is 51.9 Å². The van der Waals surface area contributed by atoms with Crippen molar-refractivity contribution in [3.63, 3.8) is 0 Å². The van der Waals surface area contributed by atoms with Gasteiger partial charge in [0, 0.05) is 11.1 Å². The highest BCUT2D eigenvalue weighted by atomic mass is 19.1. The third kappa shape index (κ3) is 4.72. The largest absolute Gasteiger partial charge is 0.460 e. The Balaban J connectivity index is 1.34. The Kier molecular flexibility index (Phi) is 7.84. The van der Waals surface area contributed by atoms with Crippen molar-refractivity contribution in [2.75, 3.05) is 0 Å². The monoisotopic (exact) mass is 618 g/mol. The average Bonchev–Trinajstić information content (AvgIpc) is 2.98. The van der Waals surface area contributed by atoms with Gasteiger partial charge in [-0.15, -0.1) is 5.10 Å². The van der Waals surface area contributed by atoms with Gasteiger partial charge in [-0.05, 0) is 121 Å². The lowest BCUT2D eigenvalue weighted by Crippen LogP contribution is -2.65. The molecule has 6 nitrogen and oxygen atoms in total. The second kappa shape index (κ2) is 10.9. The fourth-order valence-corrected chi connectivity index (χ4v) is 11.8. The van der Waals surface area contributed by atoms with E-state index in [1.54, 1.807) is 12.1 Å². The number of carbonyl (C=O) groups excluding carboxylic acids is 1. The number of nitrogens with two attached hydrogens (primary N) is 2. The number of hydrogen-bond acceptors (Lipinski definition) is 4. The molecule has 0 amide bonds. The smallest absolute Gasteiger partial charge is 0.313 e. The standard InChI is InChI=1S/C38H55FN4O2/c1-23-14-19-38(32(44)45-22-25-8-10-26(39)11-9-25)21-20-36(6)27(31(38)24(23)2)12-13-29-35(5)17-16-30(42-43-33(40)41)34(3,4)28(35)15-18-37(29,36)7/h8-12,23-24,28-29,31H,13-22H2,1-7H3,(H4,40,41,43)/b42-30+/t23-,24+,28+,29-,31+,35+,36-,37-,38+/m1/s1. The third-order valence-electron chi connectivity index (χ3n) is 14.7. The van der Waals surface area contributed by atoms with Gasteiger partial charge in [-0.3, -0.25) is 4.79 Å². The molecular weight excluding hydrogens is 563 g/mol. The number of rotatable bonds is 4. The van der Waals surface area contributed by atoms with E-state index >= 15 is 0 Å². The second-order valence-electron chi connectivity index (χ2n) is 16.8. The van der Waals surface area contributed by atoms with E-state index in [1.165, 1.54) is 24.1 Å². The zero-order valence-electron chi connectivity index (χ0n) is 28.6. The second-order valence-corrected chi connectivity index (χ2v) is 16.8. The summed E-state index contributed by atoms with van der Waals surface area (Å²) in [5, 5.41) is 8.63. The highest BCUT2D eigenvalue weighted by molar-refractivity contribution is 5.91. The van der Waals surface area contributed by atoms with Crippen LogP contribution in [0.25, 0.3) is 0 Å². The third-order valence-corrected chi connectivity index (χ3v) is 14.7. The number of esters is 1. The molecule has 6 rings (SSSR count). The summed E-state index contributed by atoms with van der Waals surface area (Å²) in [6.45, 7) is 17.4. The Bertz CT molecular complexity index is 1430. The summed E-state index contributed by atoms with van der Waals surface area (Å²) in [5.41, 5.74) is 14.5. The lowest BCUT2D eigenvalue weighted by Gasteiger charge is -2.71. The Hall–Kier alpha value is -2.70. The molecule has 0 saturated heterocycles.